The van der Waals surface area contributed by atoms with Gasteiger partial charge in [-0.2, -0.15) is 0 Å². The molecule has 2 aliphatic rings. The second-order valence-electron chi connectivity index (χ2n) is 7.04. The van der Waals surface area contributed by atoms with Gasteiger partial charge in [0.05, 0.1) is 13.2 Å². The highest BCUT2D eigenvalue weighted by atomic mass is 32.1. The van der Waals surface area contributed by atoms with Crippen LogP contribution >= 0.6 is 11.3 Å². The molecule has 7 heteroatoms. The molecular weight excluding hydrogens is 362 g/mol. The van der Waals surface area contributed by atoms with Gasteiger partial charge in [0, 0.05) is 49.7 Å². The molecule has 144 valence electrons. The highest BCUT2D eigenvalue weighted by Crippen LogP contribution is 2.46. The van der Waals surface area contributed by atoms with Crippen molar-refractivity contribution < 1.29 is 14.3 Å². The predicted molar refractivity (Wildman–Crippen MR) is 105 cm³/mol. The lowest BCUT2D eigenvalue weighted by molar-refractivity contribution is -0.137. The summed E-state index contributed by atoms with van der Waals surface area (Å²) < 4.78 is 10.7. The second kappa shape index (κ2) is 7.86. The molecule has 0 spiro atoms. The molecule has 27 heavy (non-hydrogen) atoms. The van der Waals surface area contributed by atoms with E-state index in [9.17, 15) is 4.79 Å². The first-order chi connectivity index (χ1) is 13.2. The number of carbonyl (C=O) groups excluding carboxylic acids is 1. The molecular formula is C20H25N3O3S. The van der Waals surface area contributed by atoms with E-state index < -0.39 is 0 Å². The number of aromatic nitrogens is 1. The summed E-state index contributed by atoms with van der Waals surface area (Å²) in [6.07, 6.45) is 1.85. The zero-order chi connectivity index (χ0) is 18.8. The number of ether oxygens (including phenoxy) is 2. The average molecular weight is 388 g/mol. The number of amides is 1. The van der Waals surface area contributed by atoms with Crippen LogP contribution in [0.3, 0.4) is 0 Å². The van der Waals surface area contributed by atoms with Gasteiger partial charge in [0.1, 0.15) is 12.4 Å². The zero-order valence-corrected chi connectivity index (χ0v) is 16.5. The van der Waals surface area contributed by atoms with Crippen molar-refractivity contribution in [3.05, 3.63) is 41.4 Å². The van der Waals surface area contributed by atoms with Gasteiger partial charge in [-0.3, -0.25) is 4.79 Å². The van der Waals surface area contributed by atoms with E-state index in [1.807, 2.05) is 35.5 Å². The number of likely N-dealkylation sites (tertiary alicyclic amines) is 1. The average Bonchev–Trinajstić information content (AvgIpc) is 3.41. The molecule has 0 saturated carbocycles. The minimum atomic E-state index is 0.0684. The van der Waals surface area contributed by atoms with Gasteiger partial charge < -0.3 is 19.3 Å². The molecule has 2 aliphatic heterocycles. The third-order valence-electron chi connectivity index (χ3n) is 5.56. The Balaban J connectivity index is 1.59. The van der Waals surface area contributed by atoms with Gasteiger partial charge in [0.2, 0.25) is 5.91 Å². The third kappa shape index (κ3) is 3.53. The van der Waals surface area contributed by atoms with E-state index >= 15 is 0 Å². The monoisotopic (exact) mass is 387 g/mol. The Hall–Kier alpha value is -2.12. The SMILES string of the molecule is CCOCC(=O)N1C[C@@H]2CN(c3nccs3)C[C@@H]2[C@@H]1c1ccc(OC)cc1. The molecule has 3 atom stereocenters. The van der Waals surface area contributed by atoms with E-state index in [0.717, 1.165) is 36.1 Å². The molecule has 2 saturated heterocycles. The van der Waals surface area contributed by atoms with Crippen molar-refractivity contribution in [3.8, 4) is 5.75 Å². The summed E-state index contributed by atoms with van der Waals surface area (Å²) in [5.41, 5.74) is 1.16. The number of hydrogen-bond donors (Lipinski definition) is 0. The molecule has 2 aromatic rings. The maximum atomic E-state index is 12.8. The summed E-state index contributed by atoms with van der Waals surface area (Å²) in [5, 5.41) is 3.09. The number of benzene rings is 1. The number of thiazole rings is 1. The number of anilines is 1. The molecule has 1 amide bonds. The molecule has 0 bridgehead atoms. The second-order valence-corrected chi connectivity index (χ2v) is 7.92. The van der Waals surface area contributed by atoms with Crippen molar-refractivity contribution in [2.24, 2.45) is 11.8 Å². The van der Waals surface area contributed by atoms with Crippen LogP contribution in [0.5, 0.6) is 5.75 Å². The maximum absolute atomic E-state index is 12.8. The van der Waals surface area contributed by atoms with E-state index in [2.05, 4.69) is 22.0 Å². The van der Waals surface area contributed by atoms with Gasteiger partial charge in [-0.05, 0) is 24.6 Å². The van der Waals surface area contributed by atoms with Gasteiger partial charge in [-0.15, -0.1) is 11.3 Å². The lowest BCUT2D eigenvalue weighted by Gasteiger charge is -2.30. The van der Waals surface area contributed by atoms with Crippen molar-refractivity contribution in [1.82, 2.24) is 9.88 Å². The topological polar surface area (TPSA) is 54.9 Å². The lowest BCUT2D eigenvalue weighted by atomic mass is 9.89. The molecule has 0 unspecified atom stereocenters. The fourth-order valence-electron chi connectivity index (χ4n) is 4.33. The van der Waals surface area contributed by atoms with Crippen molar-refractivity contribution in [1.29, 1.82) is 0 Å². The Labute approximate surface area is 163 Å². The maximum Gasteiger partial charge on any atom is 0.249 e. The van der Waals surface area contributed by atoms with Crippen molar-refractivity contribution in [3.63, 3.8) is 0 Å². The molecule has 1 aromatic heterocycles. The molecule has 0 aliphatic carbocycles. The molecule has 6 nitrogen and oxygen atoms in total. The predicted octanol–water partition coefficient (Wildman–Crippen LogP) is 2.82. The number of nitrogens with zero attached hydrogens (tertiary/aromatic N) is 3. The summed E-state index contributed by atoms with van der Waals surface area (Å²) in [6.45, 7) is 5.26. The summed E-state index contributed by atoms with van der Waals surface area (Å²) >= 11 is 1.68. The van der Waals surface area contributed by atoms with Crippen molar-refractivity contribution in [2.45, 2.75) is 13.0 Å². The van der Waals surface area contributed by atoms with Crippen LogP contribution in [0.25, 0.3) is 0 Å². The number of fused-ring (bicyclic) bond motifs is 1. The van der Waals surface area contributed by atoms with Crippen LogP contribution in [-0.4, -0.2) is 55.7 Å². The van der Waals surface area contributed by atoms with E-state index in [4.69, 9.17) is 9.47 Å². The van der Waals surface area contributed by atoms with Crippen LogP contribution in [0.2, 0.25) is 0 Å². The molecule has 1 aromatic carbocycles. The number of hydrogen-bond acceptors (Lipinski definition) is 6. The Morgan fingerprint density at radius 1 is 1.26 bits per heavy atom. The number of methoxy groups -OCH3 is 1. The van der Waals surface area contributed by atoms with Crippen molar-refractivity contribution >= 4 is 22.4 Å². The van der Waals surface area contributed by atoms with E-state index in [-0.39, 0.29) is 18.6 Å². The molecule has 4 rings (SSSR count). The summed E-state index contributed by atoms with van der Waals surface area (Å²) in [5.74, 6) is 1.75. The minimum absolute atomic E-state index is 0.0684. The van der Waals surface area contributed by atoms with Crippen LogP contribution in [0.15, 0.2) is 35.8 Å². The van der Waals surface area contributed by atoms with Gasteiger partial charge in [-0.25, -0.2) is 4.98 Å². The Morgan fingerprint density at radius 3 is 2.74 bits per heavy atom. The fraction of sp³-hybridized carbons (Fsp3) is 0.500. The fourth-order valence-corrected chi connectivity index (χ4v) is 4.99. The Kier molecular flexibility index (Phi) is 5.31. The van der Waals surface area contributed by atoms with E-state index in [1.165, 1.54) is 0 Å². The van der Waals surface area contributed by atoms with Gasteiger partial charge in [0.15, 0.2) is 5.13 Å². The first-order valence-electron chi connectivity index (χ1n) is 9.37. The number of rotatable bonds is 6. The molecule has 3 heterocycles. The highest BCUT2D eigenvalue weighted by molar-refractivity contribution is 7.13. The first-order valence-corrected chi connectivity index (χ1v) is 10.2. The minimum Gasteiger partial charge on any atom is -0.497 e. The normalized spacial score (nSPS) is 24.3. The Bertz CT molecular complexity index is 765. The Morgan fingerprint density at radius 2 is 2.07 bits per heavy atom. The largest absolute Gasteiger partial charge is 0.497 e. The molecule has 2 fully saturated rings. The van der Waals surface area contributed by atoms with E-state index in [0.29, 0.717) is 18.4 Å². The van der Waals surface area contributed by atoms with Crippen molar-refractivity contribution in [2.75, 3.05) is 44.9 Å². The molecule has 0 N–H and O–H groups in total. The summed E-state index contributed by atoms with van der Waals surface area (Å²) in [6, 6.07) is 8.18. The van der Waals surface area contributed by atoms with Crippen LogP contribution in [0, 0.1) is 11.8 Å². The highest BCUT2D eigenvalue weighted by Gasteiger charge is 2.49. The lowest BCUT2D eigenvalue weighted by Crippen LogP contribution is -2.37. The molecule has 0 radical (unpaired) electrons. The van der Waals surface area contributed by atoms with Gasteiger partial charge in [-0.1, -0.05) is 12.1 Å². The van der Waals surface area contributed by atoms with Gasteiger partial charge in [0.25, 0.3) is 0 Å². The van der Waals surface area contributed by atoms with Crippen LogP contribution in [0.4, 0.5) is 5.13 Å². The van der Waals surface area contributed by atoms with Crippen LogP contribution in [-0.2, 0) is 9.53 Å². The van der Waals surface area contributed by atoms with Gasteiger partial charge >= 0.3 is 0 Å². The standard InChI is InChI=1S/C20H25N3O3S/c1-3-26-13-18(24)23-11-15-10-22(20-21-8-9-27-20)12-17(15)19(23)14-4-6-16(25-2)7-5-14/h4-9,15,17,19H,3,10-13H2,1-2H3/t15-,17-,19-/m0/s1. The first kappa shape index (κ1) is 18.3. The van der Waals surface area contributed by atoms with Crippen LogP contribution < -0.4 is 9.64 Å². The summed E-state index contributed by atoms with van der Waals surface area (Å²) in [7, 11) is 1.67. The van der Waals surface area contributed by atoms with E-state index in [1.54, 1.807) is 18.4 Å². The number of carbonyl (C=O) groups is 1. The zero-order valence-electron chi connectivity index (χ0n) is 15.7. The third-order valence-corrected chi connectivity index (χ3v) is 6.39. The van der Waals surface area contributed by atoms with Crippen LogP contribution in [0.1, 0.15) is 18.5 Å². The smallest absolute Gasteiger partial charge is 0.249 e. The summed E-state index contributed by atoms with van der Waals surface area (Å²) in [4.78, 5) is 21.7. The quantitative estimate of drug-likeness (QED) is 0.763.